The lowest BCUT2D eigenvalue weighted by molar-refractivity contribution is 0.791. The zero-order valence-corrected chi connectivity index (χ0v) is 14.4. The minimum atomic E-state index is -0.363. The van der Waals surface area contributed by atoms with Crippen LogP contribution in [0.4, 0.5) is 0 Å². The lowest BCUT2D eigenvalue weighted by Crippen LogP contribution is -2.19. The first kappa shape index (κ1) is 16.9. The summed E-state index contributed by atoms with van der Waals surface area (Å²) < 4.78 is 0. The van der Waals surface area contributed by atoms with Crippen molar-refractivity contribution in [1.82, 2.24) is 0 Å². The van der Waals surface area contributed by atoms with Crippen LogP contribution >= 0.6 is 7.92 Å². The van der Waals surface area contributed by atoms with E-state index in [-0.39, 0.29) is 13.1 Å². The molecule has 1 heteroatoms. The van der Waals surface area contributed by atoms with Gasteiger partial charge in [-0.3, -0.25) is 0 Å². The van der Waals surface area contributed by atoms with E-state index in [1.165, 1.54) is 16.2 Å². The number of rotatable bonds is 5. The average Bonchev–Trinajstić information content (AvgIpc) is 2.42. The molecule has 1 rings (SSSR count). The van der Waals surface area contributed by atoms with Crippen molar-refractivity contribution < 1.29 is 0 Å². The second-order valence-corrected chi connectivity index (χ2v) is 8.95. The van der Waals surface area contributed by atoms with Crippen molar-refractivity contribution in [1.29, 1.82) is 0 Å². The number of hydrogen-bond donors (Lipinski definition) is 0. The van der Waals surface area contributed by atoms with E-state index in [9.17, 15) is 0 Å². The Labute approximate surface area is 126 Å². The van der Waals surface area contributed by atoms with Gasteiger partial charge >= 0.3 is 0 Å². The highest BCUT2D eigenvalue weighted by molar-refractivity contribution is 7.71. The van der Waals surface area contributed by atoms with Crippen molar-refractivity contribution in [2.75, 3.05) is 0 Å². The molecule has 20 heavy (non-hydrogen) atoms. The van der Waals surface area contributed by atoms with E-state index < -0.39 is 0 Å². The first-order valence-electron chi connectivity index (χ1n) is 7.27. The van der Waals surface area contributed by atoms with Crippen molar-refractivity contribution in [3.8, 4) is 0 Å². The number of allylic oxidation sites excluding steroid dienone is 5. The second kappa shape index (κ2) is 7.60. The fourth-order valence-electron chi connectivity index (χ4n) is 2.12. The van der Waals surface area contributed by atoms with Crippen LogP contribution in [0.3, 0.4) is 0 Å². The summed E-state index contributed by atoms with van der Waals surface area (Å²) >= 11 is 0. The Morgan fingerprint density at radius 2 is 1.75 bits per heavy atom. The molecule has 1 atom stereocenters. The first-order valence-corrected chi connectivity index (χ1v) is 8.61. The van der Waals surface area contributed by atoms with Crippen molar-refractivity contribution in [2.24, 2.45) is 0 Å². The Morgan fingerprint density at radius 1 is 1.15 bits per heavy atom. The van der Waals surface area contributed by atoms with Gasteiger partial charge in [0, 0.05) is 0 Å². The van der Waals surface area contributed by atoms with E-state index in [0.29, 0.717) is 0 Å². The summed E-state index contributed by atoms with van der Waals surface area (Å²) in [5, 5.41) is 3.11. The molecule has 0 fully saturated rings. The minimum Gasteiger partial charge on any atom is -0.0958 e. The van der Waals surface area contributed by atoms with Crippen LogP contribution in [0.2, 0.25) is 0 Å². The molecule has 1 aromatic carbocycles. The summed E-state index contributed by atoms with van der Waals surface area (Å²) in [5.74, 6) is 0. The molecule has 0 aromatic heterocycles. The van der Waals surface area contributed by atoms with E-state index in [1.54, 1.807) is 0 Å². The summed E-state index contributed by atoms with van der Waals surface area (Å²) in [6.45, 7) is 15.3. The first-order chi connectivity index (χ1) is 9.40. The normalized spacial score (nSPS) is 14.6. The van der Waals surface area contributed by atoms with Gasteiger partial charge in [-0.15, -0.1) is 0 Å². The van der Waals surface area contributed by atoms with Gasteiger partial charge in [-0.1, -0.05) is 88.4 Å². The summed E-state index contributed by atoms with van der Waals surface area (Å²) in [4.78, 5) is 0. The third-order valence-electron chi connectivity index (χ3n) is 3.18. The topological polar surface area (TPSA) is 0 Å². The van der Waals surface area contributed by atoms with Crippen molar-refractivity contribution in [2.45, 2.75) is 46.2 Å². The van der Waals surface area contributed by atoms with E-state index >= 15 is 0 Å². The fourth-order valence-corrected chi connectivity index (χ4v) is 4.92. The van der Waals surface area contributed by atoms with Gasteiger partial charge in [0.05, 0.1) is 0 Å². The smallest absolute Gasteiger partial charge is 0.00993 e. The molecular formula is C19H27P. The highest BCUT2D eigenvalue weighted by atomic mass is 31.1. The van der Waals surface area contributed by atoms with Crippen LogP contribution in [0.5, 0.6) is 0 Å². The summed E-state index contributed by atoms with van der Waals surface area (Å²) in [6, 6.07) is 10.9. The number of hydrogen-bond acceptors (Lipinski definition) is 0. The molecule has 0 amide bonds. The highest BCUT2D eigenvalue weighted by Gasteiger charge is 2.27. The van der Waals surface area contributed by atoms with Crippen LogP contribution < -0.4 is 5.30 Å². The van der Waals surface area contributed by atoms with Crippen LogP contribution in [0.1, 0.15) is 41.0 Å². The third kappa shape index (κ3) is 4.76. The van der Waals surface area contributed by atoms with Gasteiger partial charge in [0.2, 0.25) is 0 Å². The zero-order valence-electron chi connectivity index (χ0n) is 13.5. The maximum Gasteiger partial charge on any atom is -0.00993 e. The Kier molecular flexibility index (Phi) is 6.43. The van der Waals surface area contributed by atoms with E-state index in [1.807, 2.05) is 0 Å². The molecule has 0 saturated carbocycles. The molecule has 1 aromatic rings. The van der Waals surface area contributed by atoms with Gasteiger partial charge in [-0.25, -0.2) is 0 Å². The molecule has 0 heterocycles. The summed E-state index contributed by atoms with van der Waals surface area (Å²) in [5.41, 5.74) is 1.18. The molecular weight excluding hydrogens is 259 g/mol. The van der Waals surface area contributed by atoms with Crippen molar-refractivity contribution in [3.05, 3.63) is 66.0 Å². The largest absolute Gasteiger partial charge is 0.0958 e. The monoisotopic (exact) mass is 286 g/mol. The quantitative estimate of drug-likeness (QED) is 0.458. The highest BCUT2D eigenvalue weighted by Crippen LogP contribution is 2.55. The maximum atomic E-state index is 4.07. The lowest BCUT2D eigenvalue weighted by atomic mass is 10.2. The Hall–Kier alpha value is -1.13. The third-order valence-corrected chi connectivity index (χ3v) is 6.26. The van der Waals surface area contributed by atoms with Crippen LogP contribution in [0.15, 0.2) is 66.0 Å². The van der Waals surface area contributed by atoms with E-state index in [0.717, 1.165) is 6.42 Å². The molecule has 108 valence electrons. The molecule has 0 saturated heterocycles. The van der Waals surface area contributed by atoms with E-state index in [4.69, 9.17) is 0 Å². The van der Waals surface area contributed by atoms with E-state index in [2.05, 4.69) is 89.8 Å². The average molecular weight is 286 g/mol. The van der Waals surface area contributed by atoms with Gasteiger partial charge in [0.15, 0.2) is 0 Å². The van der Waals surface area contributed by atoms with Crippen LogP contribution in [-0.4, -0.2) is 5.16 Å². The SMILES string of the molecule is C=C(/C=C\C(=C/C)P(c1ccccc1)C(C)(C)C)CC. The summed E-state index contributed by atoms with van der Waals surface area (Å²) in [6.07, 6.45) is 7.69. The standard InChI is InChI=1S/C19H27P/c1-7-16(3)14-15-17(8-2)20(19(4,5)6)18-12-10-9-11-13-18/h8-15H,3,7H2,1-2,4-6H3/b15-14-,17-8+. The van der Waals surface area contributed by atoms with Gasteiger partial charge in [0.25, 0.3) is 0 Å². The van der Waals surface area contributed by atoms with Crippen molar-refractivity contribution >= 4 is 13.2 Å². The Balaban J connectivity index is 3.17. The molecule has 0 N–H and O–H groups in total. The molecule has 0 spiro atoms. The predicted molar refractivity (Wildman–Crippen MR) is 95.1 cm³/mol. The Morgan fingerprint density at radius 3 is 2.20 bits per heavy atom. The fraction of sp³-hybridized carbons (Fsp3) is 0.368. The van der Waals surface area contributed by atoms with Gasteiger partial charge in [-0.2, -0.15) is 0 Å². The van der Waals surface area contributed by atoms with Crippen LogP contribution in [-0.2, 0) is 0 Å². The zero-order chi connectivity index (χ0) is 15.2. The van der Waals surface area contributed by atoms with Gasteiger partial charge in [0.1, 0.15) is 0 Å². The van der Waals surface area contributed by atoms with Gasteiger partial charge in [-0.05, 0) is 37.0 Å². The van der Waals surface area contributed by atoms with Crippen molar-refractivity contribution in [3.63, 3.8) is 0 Å². The molecule has 0 aliphatic carbocycles. The molecule has 1 unspecified atom stereocenters. The van der Waals surface area contributed by atoms with Gasteiger partial charge < -0.3 is 0 Å². The minimum absolute atomic E-state index is 0.246. The molecule has 0 nitrogen and oxygen atoms in total. The molecule has 0 bridgehead atoms. The number of benzene rings is 1. The van der Waals surface area contributed by atoms with Crippen LogP contribution in [0, 0.1) is 0 Å². The predicted octanol–water partition coefficient (Wildman–Crippen LogP) is 6.02. The maximum absolute atomic E-state index is 4.07. The van der Waals surface area contributed by atoms with Crippen LogP contribution in [0.25, 0.3) is 0 Å². The summed E-state index contributed by atoms with van der Waals surface area (Å²) in [7, 11) is -0.363. The second-order valence-electron chi connectivity index (χ2n) is 5.90. The molecule has 0 radical (unpaired) electrons. The molecule has 0 aliphatic heterocycles. The Bertz CT molecular complexity index is 486. The molecule has 0 aliphatic rings. The lowest BCUT2D eigenvalue weighted by Gasteiger charge is -2.33.